The Kier molecular flexibility index (Phi) is 3.23. The monoisotopic (exact) mass is 321 g/mol. The van der Waals surface area contributed by atoms with E-state index in [0.717, 1.165) is 5.69 Å². The smallest absolute Gasteiger partial charge is 0.337 e. The third-order valence-corrected chi connectivity index (χ3v) is 3.42. The third-order valence-electron chi connectivity index (χ3n) is 3.42. The number of rotatable bonds is 4. The van der Waals surface area contributed by atoms with Gasteiger partial charge in [-0.2, -0.15) is 0 Å². The lowest BCUT2D eigenvalue weighted by atomic mass is 10.2. The molecule has 0 bridgehead atoms. The van der Waals surface area contributed by atoms with Crippen LogP contribution in [-0.4, -0.2) is 45.4 Å². The summed E-state index contributed by atoms with van der Waals surface area (Å²) in [6, 6.07) is 4.92. The predicted molar refractivity (Wildman–Crippen MR) is 82.3 cm³/mol. The van der Waals surface area contributed by atoms with Gasteiger partial charge in [0, 0.05) is 24.8 Å². The van der Waals surface area contributed by atoms with Crippen molar-refractivity contribution in [3.8, 4) is 11.4 Å². The first-order valence-corrected chi connectivity index (χ1v) is 7.07. The van der Waals surface area contributed by atoms with Crippen molar-refractivity contribution < 1.29 is 9.90 Å². The SMILES string of the molecule is O=C(O)c1ccc(-c2cn(Cc3cn4cccnc4n3)nn2)nc1. The lowest BCUT2D eigenvalue weighted by molar-refractivity contribution is 0.0696. The fraction of sp³-hybridized carbons (Fsp3) is 0.0667. The zero-order chi connectivity index (χ0) is 16.5. The number of carboxylic acids is 1. The topological polar surface area (TPSA) is 111 Å². The molecule has 0 aromatic carbocycles. The normalized spacial score (nSPS) is 11.0. The van der Waals surface area contributed by atoms with Gasteiger partial charge in [0.1, 0.15) is 5.69 Å². The second kappa shape index (κ2) is 5.54. The maximum Gasteiger partial charge on any atom is 0.337 e. The first-order valence-electron chi connectivity index (χ1n) is 7.07. The van der Waals surface area contributed by atoms with E-state index in [1.54, 1.807) is 23.1 Å². The van der Waals surface area contributed by atoms with E-state index in [0.29, 0.717) is 23.7 Å². The maximum atomic E-state index is 10.8. The van der Waals surface area contributed by atoms with Gasteiger partial charge in [0.25, 0.3) is 0 Å². The van der Waals surface area contributed by atoms with Gasteiger partial charge in [-0.05, 0) is 18.2 Å². The molecule has 0 radical (unpaired) electrons. The minimum atomic E-state index is -1.02. The number of fused-ring (bicyclic) bond motifs is 1. The average molecular weight is 321 g/mol. The van der Waals surface area contributed by atoms with Crippen LogP contribution in [-0.2, 0) is 6.54 Å². The Hall–Kier alpha value is -3.62. The molecule has 0 aliphatic rings. The molecule has 118 valence electrons. The van der Waals surface area contributed by atoms with E-state index in [1.807, 2.05) is 22.9 Å². The van der Waals surface area contributed by atoms with Crippen molar-refractivity contribution in [2.45, 2.75) is 6.54 Å². The molecule has 0 amide bonds. The quantitative estimate of drug-likeness (QED) is 0.599. The zero-order valence-corrected chi connectivity index (χ0v) is 12.3. The van der Waals surface area contributed by atoms with Gasteiger partial charge in [-0.3, -0.25) is 9.38 Å². The molecule has 0 atom stereocenters. The zero-order valence-electron chi connectivity index (χ0n) is 12.3. The Morgan fingerprint density at radius 3 is 2.83 bits per heavy atom. The highest BCUT2D eigenvalue weighted by Gasteiger charge is 2.09. The lowest BCUT2D eigenvalue weighted by Crippen LogP contribution is -2.00. The molecule has 24 heavy (non-hydrogen) atoms. The summed E-state index contributed by atoms with van der Waals surface area (Å²) in [4.78, 5) is 23.5. The van der Waals surface area contributed by atoms with Gasteiger partial charge in [-0.25, -0.2) is 19.4 Å². The van der Waals surface area contributed by atoms with E-state index in [4.69, 9.17) is 5.11 Å². The summed E-state index contributed by atoms with van der Waals surface area (Å²) in [5, 5.41) is 17.0. The summed E-state index contributed by atoms with van der Waals surface area (Å²) in [6.07, 6.45) is 8.47. The molecular weight excluding hydrogens is 310 g/mol. The summed E-state index contributed by atoms with van der Waals surface area (Å²) in [6.45, 7) is 0.448. The molecule has 0 saturated carbocycles. The van der Waals surface area contributed by atoms with Crippen LogP contribution in [0, 0.1) is 0 Å². The van der Waals surface area contributed by atoms with Gasteiger partial charge in [-0.1, -0.05) is 5.21 Å². The number of aromatic carboxylic acids is 1. The Morgan fingerprint density at radius 2 is 2.08 bits per heavy atom. The summed E-state index contributed by atoms with van der Waals surface area (Å²) in [7, 11) is 0. The highest BCUT2D eigenvalue weighted by molar-refractivity contribution is 5.87. The van der Waals surface area contributed by atoms with Crippen molar-refractivity contribution in [1.29, 1.82) is 0 Å². The number of hydrogen-bond acceptors (Lipinski definition) is 6. The Balaban J connectivity index is 1.56. The van der Waals surface area contributed by atoms with Crippen molar-refractivity contribution in [2.75, 3.05) is 0 Å². The minimum Gasteiger partial charge on any atom is -0.478 e. The number of imidazole rings is 1. The summed E-state index contributed by atoms with van der Waals surface area (Å²) in [5.41, 5.74) is 2.06. The number of hydrogen-bond donors (Lipinski definition) is 1. The highest BCUT2D eigenvalue weighted by atomic mass is 16.4. The summed E-state index contributed by atoms with van der Waals surface area (Å²) in [5.74, 6) is -0.392. The van der Waals surface area contributed by atoms with Crippen molar-refractivity contribution in [1.82, 2.24) is 34.3 Å². The molecular formula is C15H11N7O2. The van der Waals surface area contributed by atoms with Crippen molar-refractivity contribution >= 4 is 11.7 Å². The highest BCUT2D eigenvalue weighted by Crippen LogP contribution is 2.14. The van der Waals surface area contributed by atoms with E-state index >= 15 is 0 Å². The molecule has 0 saturated heterocycles. The van der Waals surface area contributed by atoms with Crippen LogP contribution in [0.2, 0.25) is 0 Å². The van der Waals surface area contributed by atoms with E-state index in [-0.39, 0.29) is 5.56 Å². The summed E-state index contributed by atoms with van der Waals surface area (Å²) < 4.78 is 3.48. The molecule has 4 heterocycles. The second-order valence-corrected chi connectivity index (χ2v) is 5.10. The largest absolute Gasteiger partial charge is 0.478 e. The summed E-state index contributed by atoms with van der Waals surface area (Å²) >= 11 is 0. The molecule has 0 aliphatic carbocycles. The van der Waals surface area contributed by atoms with Crippen LogP contribution in [0.4, 0.5) is 0 Å². The molecule has 9 heteroatoms. The van der Waals surface area contributed by atoms with Crippen LogP contribution >= 0.6 is 0 Å². The number of aromatic nitrogens is 7. The van der Waals surface area contributed by atoms with Gasteiger partial charge in [0.15, 0.2) is 0 Å². The molecule has 0 aliphatic heterocycles. The Morgan fingerprint density at radius 1 is 1.17 bits per heavy atom. The predicted octanol–water partition coefficient (Wildman–Crippen LogP) is 1.13. The van der Waals surface area contributed by atoms with Crippen LogP contribution in [0.1, 0.15) is 16.1 Å². The van der Waals surface area contributed by atoms with Crippen LogP contribution < -0.4 is 0 Å². The van der Waals surface area contributed by atoms with Gasteiger partial charge in [0.05, 0.1) is 29.7 Å². The molecule has 4 aromatic rings. The Labute approximate surface area is 135 Å². The molecule has 4 rings (SSSR count). The van der Waals surface area contributed by atoms with E-state index in [1.165, 1.54) is 12.3 Å². The van der Waals surface area contributed by atoms with Gasteiger partial charge in [0.2, 0.25) is 5.78 Å². The van der Waals surface area contributed by atoms with Gasteiger partial charge in [-0.15, -0.1) is 5.10 Å². The Bertz CT molecular complexity index is 987. The molecule has 0 spiro atoms. The first kappa shape index (κ1) is 14.0. The van der Waals surface area contributed by atoms with Crippen molar-refractivity contribution in [3.63, 3.8) is 0 Å². The number of pyridine rings is 1. The van der Waals surface area contributed by atoms with Gasteiger partial charge >= 0.3 is 5.97 Å². The average Bonchev–Trinajstić information content (AvgIpc) is 3.21. The van der Waals surface area contributed by atoms with Crippen molar-refractivity contribution in [2.24, 2.45) is 0 Å². The van der Waals surface area contributed by atoms with Gasteiger partial charge < -0.3 is 5.11 Å². The van der Waals surface area contributed by atoms with Crippen LogP contribution in [0.5, 0.6) is 0 Å². The standard InChI is InChI=1S/C15H11N7O2/c23-14(24)10-2-3-12(17-6-10)13-9-22(20-19-13)8-11-7-21-5-1-4-16-15(21)18-11/h1-7,9H,8H2,(H,23,24). The lowest BCUT2D eigenvalue weighted by Gasteiger charge is -1.96. The van der Waals surface area contributed by atoms with E-state index < -0.39 is 5.97 Å². The van der Waals surface area contributed by atoms with Crippen LogP contribution in [0.3, 0.4) is 0 Å². The molecule has 0 unspecified atom stereocenters. The number of carboxylic acid groups (broad SMARTS) is 1. The van der Waals surface area contributed by atoms with Crippen molar-refractivity contribution in [3.05, 3.63) is 60.4 Å². The minimum absolute atomic E-state index is 0.128. The molecule has 0 fully saturated rings. The second-order valence-electron chi connectivity index (χ2n) is 5.10. The first-order chi connectivity index (χ1) is 11.7. The third kappa shape index (κ3) is 2.58. The number of carbonyl (C=O) groups is 1. The fourth-order valence-electron chi connectivity index (χ4n) is 2.29. The maximum absolute atomic E-state index is 10.8. The molecule has 1 N–H and O–H groups in total. The molecule has 4 aromatic heterocycles. The fourth-order valence-corrected chi connectivity index (χ4v) is 2.29. The van der Waals surface area contributed by atoms with E-state index in [9.17, 15) is 4.79 Å². The van der Waals surface area contributed by atoms with Crippen LogP contribution in [0.25, 0.3) is 17.2 Å². The van der Waals surface area contributed by atoms with Crippen LogP contribution in [0.15, 0.2) is 49.2 Å². The molecule has 9 nitrogen and oxygen atoms in total. The number of nitrogens with zero attached hydrogens (tertiary/aromatic N) is 7. The van der Waals surface area contributed by atoms with E-state index in [2.05, 4.69) is 25.3 Å².